The molecule has 0 saturated carbocycles. The van der Waals surface area contributed by atoms with Gasteiger partial charge in [-0.2, -0.15) is 0 Å². The quantitative estimate of drug-likeness (QED) is 0.693. The summed E-state index contributed by atoms with van der Waals surface area (Å²) in [7, 11) is 0. The Morgan fingerprint density at radius 1 is 1.11 bits per heavy atom. The normalized spacial score (nSPS) is 9.95. The summed E-state index contributed by atoms with van der Waals surface area (Å²) in [6, 6.07) is 7.43. The van der Waals surface area contributed by atoms with Gasteiger partial charge in [0.05, 0.1) is 5.02 Å². The standard InChI is InChI=1S/C12H11ClN4O2/c13-7-5-10(15-6-7)11(18)16-8-1-3-9(4-2-8)17-12(14)19/h1-6,15H,(H,16,18)(H3,14,17,19). The Bertz CT molecular complexity index is 606. The van der Waals surface area contributed by atoms with Crippen LogP contribution in [0.5, 0.6) is 0 Å². The lowest BCUT2D eigenvalue weighted by Gasteiger charge is -2.05. The lowest BCUT2D eigenvalue weighted by molar-refractivity contribution is 0.102. The number of benzene rings is 1. The summed E-state index contributed by atoms with van der Waals surface area (Å²) < 4.78 is 0. The maximum Gasteiger partial charge on any atom is 0.316 e. The van der Waals surface area contributed by atoms with E-state index in [0.29, 0.717) is 22.1 Å². The number of rotatable bonds is 3. The molecule has 1 heterocycles. The molecular weight excluding hydrogens is 268 g/mol. The second kappa shape index (κ2) is 5.45. The molecular formula is C12H11ClN4O2. The molecule has 5 N–H and O–H groups in total. The first-order valence-corrected chi connectivity index (χ1v) is 5.74. The highest BCUT2D eigenvalue weighted by molar-refractivity contribution is 6.31. The fourth-order valence-electron chi connectivity index (χ4n) is 1.48. The van der Waals surface area contributed by atoms with Gasteiger partial charge >= 0.3 is 6.03 Å². The molecule has 0 atom stereocenters. The minimum atomic E-state index is -0.641. The van der Waals surface area contributed by atoms with Gasteiger partial charge in [-0.3, -0.25) is 4.79 Å². The van der Waals surface area contributed by atoms with Gasteiger partial charge in [-0.1, -0.05) is 11.6 Å². The smallest absolute Gasteiger partial charge is 0.316 e. The van der Waals surface area contributed by atoms with Gasteiger partial charge in [0, 0.05) is 17.6 Å². The second-order valence-corrected chi connectivity index (χ2v) is 4.19. The van der Waals surface area contributed by atoms with Crippen molar-refractivity contribution in [2.75, 3.05) is 10.6 Å². The van der Waals surface area contributed by atoms with Crippen molar-refractivity contribution >= 4 is 34.9 Å². The molecule has 1 aromatic heterocycles. The average molecular weight is 279 g/mol. The molecule has 0 aliphatic heterocycles. The fourth-order valence-corrected chi connectivity index (χ4v) is 1.64. The van der Waals surface area contributed by atoms with E-state index in [0.717, 1.165) is 0 Å². The van der Waals surface area contributed by atoms with E-state index in [-0.39, 0.29) is 5.91 Å². The number of aromatic amines is 1. The Balaban J connectivity index is 2.03. The van der Waals surface area contributed by atoms with Crippen molar-refractivity contribution in [3.05, 3.63) is 47.2 Å². The van der Waals surface area contributed by atoms with Gasteiger partial charge in [0.1, 0.15) is 5.69 Å². The summed E-state index contributed by atoms with van der Waals surface area (Å²) in [5.74, 6) is -0.303. The van der Waals surface area contributed by atoms with Gasteiger partial charge in [-0.05, 0) is 30.3 Å². The van der Waals surface area contributed by atoms with Crippen LogP contribution >= 0.6 is 11.6 Å². The molecule has 0 unspecified atom stereocenters. The Labute approximate surface area is 113 Å². The Morgan fingerprint density at radius 3 is 2.16 bits per heavy atom. The van der Waals surface area contributed by atoms with Crippen LogP contribution in [0.2, 0.25) is 5.02 Å². The highest BCUT2D eigenvalue weighted by Crippen LogP contribution is 2.15. The van der Waals surface area contributed by atoms with Crippen molar-refractivity contribution < 1.29 is 9.59 Å². The van der Waals surface area contributed by atoms with E-state index >= 15 is 0 Å². The first-order valence-electron chi connectivity index (χ1n) is 5.36. The highest BCUT2D eigenvalue weighted by Gasteiger charge is 2.08. The largest absolute Gasteiger partial charge is 0.356 e. The number of hydrogen-bond acceptors (Lipinski definition) is 2. The van der Waals surface area contributed by atoms with Crippen LogP contribution in [-0.4, -0.2) is 16.9 Å². The Morgan fingerprint density at radius 2 is 1.68 bits per heavy atom. The van der Waals surface area contributed by atoms with Gasteiger partial charge in [0.2, 0.25) is 0 Å². The first-order chi connectivity index (χ1) is 9.04. The van der Waals surface area contributed by atoms with Crippen LogP contribution in [0.3, 0.4) is 0 Å². The van der Waals surface area contributed by atoms with E-state index in [2.05, 4.69) is 15.6 Å². The molecule has 3 amide bonds. The number of nitrogens with one attached hydrogen (secondary N) is 3. The molecule has 1 aromatic carbocycles. The molecule has 6 nitrogen and oxygen atoms in total. The molecule has 98 valence electrons. The van der Waals surface area contributed by atoms with Crippen LogP contribution in [0.1, 0.15) is 10.5 Å². The van der Waals surface area contributed by atoms with Crippen LogP contribution in [0.15, 0.2) is 36.5 Å². The highest BCUT2D eigenvalue weighted by atomic mass is 35.5. The number of urea groups is 1. The zero-order valence-electron chi connectivity index (χ0n) is 9.74. The number of anilines is 2. The van der Waals surface area contributed by atoms with E-state index in [1.54, 1.807) is 24.3 Å². The Kier molecular flexibility index (Phi) is 3.72. The molecule has 2 aromatic rings. The third kappa shape index (κ3) is 3.49. The zero-order valence-corrected chi connectivity index (χ0v) is 10.5. The number of carbonyl (C=O) groups excluding carboxylic acids is 2. The molecule has 0 saturated heterocycles. The van der Waals surface area contributed by atoms with Crippen LogP contribution in [0.25, 0.3) is 0 Å². The van der Waals surface area contributed by atoms with E-state index in [9.17, 15) is 9.59 Å². The molecule has 0 spiro atoms. The van der Waals surface area contributed by atoms with Gasteiger partial charge in [0.15, 0.2) is 0 Å². The summed E-state index contributed by atoms with van der Waals surface area (Å²) in [4.78, 5) is 25.2. The van der Waals surface area contributed by atoms with Crippen molar-refractivity contribution in [2.45, 2.75) is 0 Å². The predicted molar refractivity (Wildman–Crippen MR) is 73.4 cm³/mol. The van der Waals surface area contributed by atoms with Crippen LogP contribution < -0.4 is 16.4 Å². The van der Waals surface area contributed by atoms with Crippen molar-refractivity contribution in [1.82, 2.24) is 4.98 Å². The number of H-pyrrole nitrogens is 1. The van der Waals surface area contributed by atoms with Crippen LogP contribution in [-0.2, 0) is 0 Å². The van der Waals surface area contributed by atoms with E-state index in [1.807, 2.05) is 0 Å². The van der Waals surface area contributed by atoms with Crippen molar-refractivity contribution in [1.29, 1.82) is 0 Å². The summed E-state index contributed by atoms with van der Waals surface area (Å²) in [6.07, 6.45) is 1.52. The SMILES string of the molecule is NC(=O)Nc1ccc(NC(=O)c2cc(Cl)c[nH]2)cc1. The maximum atomic E-state index is 11.8. The minimum Gasteiger partial charge on any atom is -0.356 e. The molecule has 0 aliphatic rings. The molecule has 0 aliphatic carbocycles. The predicted octanol–water partition coefficient (Wildman–Crippen LogP) is 2.41. The van der Waals surface area contributed by atoms with Gasteiger partial charge in [0.25, 0.3) is 5.91 Å². The minimum absolute atomic E-state index is 0.303. The number of halogens is 1. The van der Waals surface area contributed by atoms with Gasteiger partial charge in [-0.15, -0.1) is 0 Å². The van der Waals surface area contributed by atoms with Crippen LogP contribution in [0, 0.1) is 0 Å². The topological polar surface area (TPSA) is 100 Å². The average Bonchev–Trinajstić information content (AvgIpc) is 2.78. The number of hydrogen-bond donors (Lipinski definition) is 4. The molecule has 19 heavy (non-hydrogen) atoms. The first kappa shape index (κ1) is 13.0. The zero-order chi connectivity index (χ0) is 13.8. The summed E-state index contributed by atoms with van der Waals surface area (Å²) >= 11 is 5.71. The monoisotopic (exact) mass is 278 g/mol. The van der Waals surface area contributed by atoms with Crippen molar-refractivity contribution in [2.24, 2.45) is 5.73 Å². The van der Waals surface area contributed by atoms with E-state index in [4.69, 9.17) is 17.3 Å². The van der Waals surface area contributed by atoms with Crippen molar-refractivity contribution in [3.63, 3.8) is 0 Å². The van der Waals surface area contributed by atoms with Crippen LogP contribution in [0.4, 0.5) is 16.2 Å². The summed E-state index contributed by atoms with van der Waals surface area (Å²) in [6.45, 7) is 0. The summed E-state index contributed by atoms with van der Waals surface area (Å²) in [5.41, 5.74) is 6.49. The number of nitrogens with two attached hydrogens (primary N) is 1. The molecule has 0 fully saturated rings. The Hall–Kier alpha value is -2.47. The molecule has 2 rings (SSSR count). The lowest BCUT2D eigenvalue weighted by atomic mass is 10.2. The number of primary amides is 1. The third-order valence-electron chi connectivity index (χ3n) is 2.30. The lowest BCUT2D eigenvalue weighted by Crippen LogP contribution is -2.19. The number of aromatic nitrogens is 1. The van der Waals surface area contributed by atoms with E-state index in [1.165, 1.54) is 12.3 Å². The molecule has 0 radical (unpaired) electrons. The molecule has 7 heteroatoms. The fraction of sp³-hybridized carbons (Fsp3) is 0. The van der Waals surface area contributed by atoms with Crippen molar-refractivity contribution in [3.8, 4) is 0 Å². The number of carbonyl (C=O) groups is 2. The molecule has 0 bridgehead atoms. The maximum absolute atomic E-state index is 11.8. The second-order valence-electron chi connectivity index (χ2n) is 3.75. The third-order valence-corrected chi connectivity index (χ3v) is 2.52. The number of amides is 3. The van der Waals surface area contributed by atoms with Gasteiger partial charge in [-0.25, -0.2) is 4.79 Å². The van der Waals surface area contributed by atoms with E-state index < -0.39 is 6.03 Å². The summed E-state index contributed by atoms with van der Waals surface area (Å²) in [5, 5.41) is 5.57. The van der Waals surface area contributed by atoms with Gasteiger partial charge < -0.3 is 21.4 Å².